The summed E-state index contributed by atoms with van der Waals surface area (Å²) in [6, 6.07) is 15.6. The van der Waals surface area contributed by atoms with Gasteiger partial charge in [-0.2, -0.15) is 0 Å². The van der Waals surface area contributed by atoms with Gasteiger partial charge in [-0.05, 0) is 31.9 Å². The van der Waals surface area contributed by atoms with Crippen LogP contribution < -0.4 is 0 Å². The molecule has 6 heteroatoms. The molecule has 0 saturated heterocycles. The van der Waals surface area contributed by atoms with Gasteiger partial charge >= 0.3 is 5.97 Å². The highest BCUT2D eigenvalue weighted by molar-refractivity contribution is 6.21. The number of H-pyrrole nitrogens is 1. The molecular formula is C27H24N2O4. The maximum absolute atomic E-state index is 12.7. The molecule has 5 aromatic rings. The number of furan rings is 1. The van der Waals surface area contributed by atoms with E-state index in [0.717, 1.165) is 17.3 Å². The third kappa shape index (κ3) is 3.53. The van der Waals surface area contributed by atoms with E-state index in [1.165, 1.54) is 10.9 Å². The summed E-state index contributed by atoms with van der Waals surface area (Å²) in [6.45, 7) is 4.27. The number of aryl methyl sites for hydroxylation is 1. The van der Waals surface area contributed by atoms with E-state index < -0.39 is 5.97 Å². The average molecular weight is 440 g/mol. The van der Waals surface area contributed by atoms with Crippen molar-refractivity contribution in [3.05, 3.63) is 77.2 Å². The molecule has 0 radical (unpaired) electrons. The minimum atomic E-state index is -0.475. The second-order valence-corrected chi connectivity index (χ2v) is 7.91. The normalized spacial score (nSPS) is 11.8. The molecule has 3 aromatic carbocycles. The summed E-state index contributed by atoms with van der Waals surface area (Å²) in [5.41, 5.74) is 3.61. The highest BCUT2D eigenvalue weighted by Crippen LogP contribution is 2.40. The van der Waals surface area contributed by atoms with E-state index in [-0.39, 0.29) is 12.4 Å². The Morgan fingerprint density at radius 1 is 1.12 bits per heavy atom. The number of ether oxygens (including phenoxy) is 1. The molecule has 2 aromatic heterocycles. The van der Waals surface area contributed by atoms with E-state index in [4.69, 9.17) is 9.15 Å². The molecule has 166 valence electrons. The van der Waals surface area contributed by atoms with Crippen LogP contribution in [-0.4, -0.2) is 35.4 Å². The van der Waals surface area contributed by atoms with E-state index in [1.54, 1.807) is 20.1 Å². The number of fused-ring (bicyclic) bond motifs is 4. The van der Waals surface area contributed by atoms with Gasteiger partial charge in [0.2, 0.25) is 0 Å². The first-order chi connectivity index (χ1) is 16.1. The molecule has 0 bridgehead atoms. The van der Waals surface area contributed by atoms with Crippen LogP contribution in [-0.2, 0) is 11.2 Å². The molecule has 0 atom stereocenters. The number of hydrogen-bond donors (Lipinski definition) is 2. The molecule has 6 nitrogen and oxygen atoms in total. The number of aromatic hydroxyl groups is 1. The van der Waals surface area contributed by atoms with Gasteiger partial charge in [0.1, 0.15) is 22.7 Å². The van der Waals surface area contributed by atoms with Gasteiger partial charge in [0, 0.05) is 51.6 Å². The summed E-state index contributed by atoms with van der Waals surface area (Å²) in [4.78, 5) is 20.6. The quantitative estimate of drug-likeness (QED) is 0.253. The Balaban J connectivity index is 1.58. The lowest BCUT2D eigenvalue weighted by molar-refractivity contribution is 0.0526. The van der Waals surface area contributed by atoms with Gasteiger partial charge < -0.3 is 19.2 Å². The molecule has 0 amide bonds. The summed E-state index contributed by atoms with van der Waals surface area (Å²) in [6.07, 6.45) is 4.38. The van der Waals surface area contributed by atoms with Crippen LogP contribution in [0.25, 0.3) is 32.6 Å². The predicted molar refractivity (Wildman–Crippen MR) is 131 cm³/mol. The number of phenols is 1. The topological polar surface area (TPSA) is 87.8 Å². The standard InChI is InChI=1S/C27H24N2O4/c1-3-32-27(31)23-16(2)33-26-20-10-5-4-9-19(20)25(30)21(24(23)26)15-28-13-12-17-14-29-22-11-7-6-8-18(17)22/h4-11,14-15,29-30H,3,12-13H2,1-2H3. The lowest BCUT2D eigenvalue weighted by Gasteiger charge is -2.08. The van der Waals surface area contributed by atoms with Crippen molar-refractivity contribution in [2.45, 2.75) is 20.3 Å². The summed E-state index contributed by atoms with van der Waals surface area (Å²) in [5.74, 6) is 0.0461. The van der Waals surface area contributed by atoms with Gasteiger partial charge in [0.15, 0.2) is 0 Å². The smallest absolute Gasteiger partial charge is 0.342 e. The predicted octanol–water partition coefficient (Wildman–Crippen LogP) is 5.92. The zero-order valence-electron chi connectivity index (χ0n) is 18.5. The van der Waals surface area contributed by atoms with Crippen LogP contribution in [0.15, 0.2) is 64.1 Å². The Kier molecular flexibility index (Phi) is 5.34. The number of hydrogen-bond acceptors (Lipinski definition) is 5. The summed E-state index contributed by atoms with van der Waals surface area (Å²) >= 11 is 0. The highest BCUT2D eigenvalue weighted by atomic mass is 16.5. The van der Waals surface area contributed by atoms with Crippen LogP contribution in [0.1, 0.15) is 34.2 Å². The third-order valence-corrected chi connectivity index (χ3v) is 5.92. The van der Waals surface area contributed by atoms with E-state index in [2.05, 4.69) is 16.0 Å². The molecule has 0 unspecified atom stereocenters. The Morgan fingerprint density at radius 3 is 2.64 bits per heavy atom. The molecule has 33 heavy (non-hydrogen) atoms. The van der Waals surface area contributed by atoms with Gasteiger partial charge in [-0.25, -0.2) is 4.79 Å². The number of nitrogens with one attached hydrogen (secondary N) is 1. The minimum Gasteiger partial charge on any atom is -0.507 e. The summed E-state index contributed by atoms with van der Waals surface area (Å²) in [5, 5.41) is 14.2. The van der Waals surface area contributed by atoms with Crippen molar-refractivity contribution in [3.8, 4) is 5.75 Å². The zero-order chi connectivity index (χ0) is 22.9. The number of para-hydroxylation sites is 1. The van der Waals surface area contributed by atoms with Crippen LogP contribution in [0.2, 0.25) is 0 Å². The monoisotopic (exact) mass is 440 g/mol. The van der Waals surface area contributed by atoms with E-state index in [9.17, 15) is 9.90 Å². The first kappa shape index (κ1) is 20.8. The van der Waals surface area contributed by atoms with Crippen molar-refractivity contribution in [1.29, 1.82) is 0 Å². The Labute approximate surface area is 190 Å². The number of rotatable bonds is 6. The van der Waals surface area contributed by atoms with Crippen molar-refractivity contribution < 1.29 is 19.1 Å². The van der Waals surface area contributed by atoms with Gasteiger partial charge in [-0.3, -0.25) is 4.99 Å². The van der Waals surface area contributed by atoms with E-state index >= 15 is 0 Å². The van der Waals surface area contributed by atoms with Crippen molar-refractivity contribution in [2.75, 3.05) is 13.2 Å². The van der Waals surface area contributed by atoms with Crippen molar-refractivity contribution >= 4 is 44.8 Å². The van der Waals surface area contributed by atoms with Crippen LogP contribution in [0.4, 0.5) is 0 Å². The fourth-order valence-corrected chi connectivity index (χ4v) is 4.40. The van der Waals surface area contributed by atoms with Crippen LogP contribution in [0.3, 0.4) is 0 Å². The van der Waals surface area contributed by atoms with Gasteiger partial charge in [0.05, 0.1) is 6.61 Å². The van der Waals surface area contributed by atoms with E-state index in [0.29, 0.717) is 39.8 Å². The number of phenolic OH excluding ortho intramolecular Hbond substituents is 1. The SMILES string of the molecule is CCOC(=O)c1c(C)oc2c1c(C=NCCc1c[nH]c3ccccc13)c(O)c1ccccc12. The Hall–Kier alpha value is -4.06. The molecule has 0 aliphatic carbocycles. The Bertz CT molecular complexity index is 1520. The number of esters is 1. The van der Waals surface area contributed by atoms with Gasteiger partial charge in [0.25, 0.3) is 0 Å². The molecule has 0 aliphatic rings. The van der Waals surface area contributed by atoms with Crippen molar-refractivity contribution in [2.24, 2.45) is 4.99 Å². The summed E-state index contributed by atoms with van der Waals surface area (Å²) in [7, 11) is 0. The average Bonchev–Trinajstić information content (AvgIpc) is 3.39. The van der Waals surface area contributed by atoms with Crippen LogP contribution in [0.5, 0.6) is 5.75 Å². The highest BCUT2D eigenvalue weighted by Gasteiger charge is 2.25. The second-order valence-electron chi connectivity index (χ2n) is 7.91. The minimum absolute atomic E-state index is 0.0697. The number of carbonyl (C=O) groups is 1. The first-order valence-electron chi connectivity index (χ1n) is 11.0. The number of benzene rings is 3. The Morgan fingerprint density at radius 2 is 1.85 bits per heavy atom. The second kappa shape index (κ2) is 8.47. The number of nitrogens with zero attached hydrogens (tertiary/aromatic N) is 1. The van der Waals surface area contributed by atoms with Crippen LogP contribution >= 0.6 is 0 Å². The lowest BCUT2D eigenvalue weighted by Crippen LogP contribution is -2.06. The van der Waals surface area contributed by atoms with Crippen molar-refractivity contribution in [3.63, 3.8) is 0 Å². The molecule has 5 rings (SSSR count). The maximum Gasteiger partial charge on any atom is 0.342 e. The van der Waals surface area contributed by atoms with Crippen molar-refractivity contribution in [1.82, 2.24) is 4.98 Å². The third-order valence-electron chi connectivity index (χ3n) is 5.92. The largest absolute Gasteiger partial charge is 0.507 e. The number of aromatic nitrogens is 1. The fraction of sp³-hybridized carbons (Fsp3) is 0.185. The fourth-order valence-electron chi connectivity index (χ4n) is 4.40. The molecular weight excluding hydrogens is 416 g/mol. The lowest BCUT2D eigenvalue weighted by atomic mass is 9.98. The summed E-state index contributed by atoms with van der Waals surface area (Å²) < 4.78 is 11.3. The molecule has 0 aliphatic heterocycles. The first-order valence-corrected chi connectivity index (χ1v) is 11.0. The van der Waals surface area contributed by atoms with Crippen LogP contribution in [0, 0.1) is 6.92 Å². The maximum atomic E-state index is 12.7. The molecule has 0 fully saturated rings. The van der Waals surface area contributed by atoms with E-state index in [1.807, 2.05) is 48.7 Å². The van der Waals surface area contributed by atoms with Gasteiger partial charge in [-0.15, -0.1) is 0 Å². The van der Waals surface area contributed by atoms with Gasteiger partial charge in [-0.1, -0.05) is 42.5 Å². The number of aliphatic imine (C=N–C) groups is 1. The molecule has 0 spiro atoms. The number of aromatic amines is 1. The zero-order valence-corrected chi connectivity index (χ0v) is 18.5. The molecule has 2 N–H and O–H groups in total. The number of carbonyl (C=O) groups excluding carboxylic acids is 1. The molecule has 2 heterocycles. The molecule has 0 saturated carbocycles.